The second-order valence-electron chi connectivity index (χ2n) is 3.80. The van der Waals surface area contributed by atoms with Crippen LogP contribution in [0.2, 0.25) is 0 Å². The number of carbonyl (C=O) groups is 1. The second-order valence-corrected chi connectivity index (χ2v) is 5.26. The fraction of sp³-hybridized carbons (Fsp3) is 0.364. The molecular weight excluding hydrogens is 258 g/mol. The van der Waals surface area contributed by atoms with Gasteiger partial charge in [-0.25, -0.2) is 4.79 Å². The Kier molecular flexibility index (Phi) is 4.69. The molecule has 0 fully saturated rings. The molecule has 0 aliphatic carbocycles. The van der Waals surface area contributed by atoms with Crippen molar-refractivity contribution in [1.29, 1.82) is 0 Å². The van der Waals surface area contributed by atoms with Crippen molar-refractivity contribution in [2.24, 2.45) is 0 Å². The maximum atomic E-state index is 10.8. The Labute approximate surface area is 108 Å². The van der Waals surface area contributed by atoms with Crippen LogP contribution in [-0.4, -0.2) is 32.5 Å². The Bertz CT molecular complexity index is 475. The molecule has 0 aromatic heterocycles. The number of carboxylic acids is 1. The molecule has 18 heavy (non-hydrogen) atoms. The number of benzene rings is 1. The van der Waals surface area contributed by atoms with Gasteiger partial charge in [0.2, 0.25) is 0 Å². The van der Waals surface area contributed by atoms with Gasteiger partial charge < -0.3 is 10.2 Å². The average molecular weight is 271 g/mol. The summed E-state index contributed by atoms with van der Waals surface area (Å²) in [5.41, 5.74) is -0.778. The Morgan fingerprint density at radius 1 is 1.44 bits per heavy atom. The summed E-state index contributed by atoms with van der Waals surface area (Å²) in [5.74, 6) is -1.33. The van der Waals surface area contributed by atoms with Gasteiger partial charge in [0.05, 0.1) is 11.0 Å². The quantitative estimate of drug-likeness (QED) is 0.483. The van der Waals surface area contributed by atoms with Crippen LogP contribution in [0, 0.1) is 10.1 Å². The molecule has 1 rings (SSSR count). The highest BCUT2D eigenvalue weighted by molar-refractivity contribution is 8.00. The van der Waals surface area contributed by atoms with Crippen LogP contribution >= 0.6 is 11.8 Å². The SMILES string of the molecule is CC(O)C(C)Sc1ccc(C(=O)O)c([N+](=O)[O-])c1. The maximum Gasteiger partial charge on any atom is 0.342 e. The van der Waals surface area contributed by atoms with E-state index in [4.69, 9.17) is 5.11 Å². The van der Waals surface area contributed by atoms with E-state index in [0.717, 1.165) is 0 Å². The molecule has 0 bridgehead atoms. The molecule has 0 aliphatic heterocycles. The first-order valence-electron chi connectivity index (χ1n) is 5.19. The van der Waals surface area contributed by atoms with Crippen molar-refractivity contribution in [3.63, 3.8) is 0 Å². The number of thioether (sulfide) groups is 1. The number of hydrogen-bond donors (Lipinski definition) is 2. The van der Waals surface area contributed by atoms with Crippen LogP contribution in [0.15, 0.2) is 23.1 Å². The topological polar surface area (TPSA) is 101 Å². The lowest BCUT2D eigenvalue weighted by molar-refractivity contribution is -0.385. The summed E-state index contributed by atoms with van der Waals surface area (Å²) in [6.45, 7) is 3.41. The van der Waals surface area contributed by atoms with Crippen molar-refractivity contribution in [2.75, 3.05) is 0 Å². The van der Waals surface area contributed by atoms with Crippen molar-refractivity contribution < 1.29 is 19.9 Å². The number of nitrogens with zero attached hydrogens (tertiary/aromatic N) is 1. The van der Waals surface area contributed by atoms with Crippen LogP contribution in [0.3, 0.4) is 0 Å². The first-order chi connectivity index (χ1) is 8.32. The standard InChI is InChI=1S/C11H13NO5S/c1-6(13)7(2)18-8-3-4-9(11(14)15)10(5-8)12(16)17/h3-7,13H,1-2H3,(H,14,15). The fourth-order valence-electron chi connectivity index (χ4n) is 1.23. The van der Waals surface area contributed by atoms with Crippen LogP contribution in [0.1, 0.15) is 24.2 Å². The van der Waals surface area contributed by atoms with Gasteiger partial charge in [0.25, 0.3) is 5.69 Å². The van der Waals surface area contributed by atoms with Crippen molar-refractivity contribution in [3.8, 4) is 0 Å². The summed E-state index contributed by atoms with van der Waals surface area (Å²) in [6, 6.07) is 3.92. The van der Waals surface area contributed by atoms with E-state index in [1.54, 1.807) is 13.8 Å². The molecule has 0 saturated carbocycles. The highest BCUT2D eigenvalue weighted by Gasteiger charge is 2.21. The summed E-state index contributed by atoms with van der Waals surface area (Å²) in [7, 11) is 0. The van der Waals surface area contributed by atoms with Crippen molar-refractivity contribution in [3.05, 3.63) is 33.9 Å². The summed E-state index contributed by atoms with van der Waals surface area (Å²) < 4.78 is 0. The zero-order valence-corrected chi connectivity index (χ0v) is 10.7. The molecule has 2 N–H and O–H groups in total. The Hall–Kier alpha value is -1.60. The number of hydrogen-bond acceptors (Lipinski definition) is 5. The normalized spacial score (nSPS) is 13.9. The lowest BCUT2D eigenvalue weighted by atomic mass is 10.2. The molecule has 1 aromatic rings. The zero-order chi connectivity index (χ0) is 13.9. The molecule has 98 valence electrons. The highest BCUT2D eigenvalue weighted by Crippen LogP contribution is 2.30. The van der Waals surface area contributed by atoms with E-state index in [1.165, 1.54) is 30.0 Å². The maximum absolute atomic E-state index is 10.8. The van der Waals surface area contributed by atoms with Crippen LogP contribution in [0.25, 0.3) is 0 Å². The molecule has 7 heteroatoms. The first-order valence-corrected chi connectivity index (χ1v) is 6.07. The number of aromatic carboxylic acids is 1. The Morgan fingerprint density at radius 2 is 2.06 bits per heavy atom. The Morgan fingerprint density at radius 3 is 2.50 bits per heavy atom. The van der Waals surface area contributed by atoms with Crippen molar-refractivity contribution >= 4 is 23.4 Å². The summed E-state index contributed by atoms with van der Waals surface area (Å²) in [5, 5.41) is 28.8. The summed E-state index contributed by atoms with van der Waals surface area (Å²) in [4.78, 5) is 21.4. The third-order valence-electron chi connectivity index (χ3n) is 2.40. The van der Waals surface area contributed by atoms with E-state index in [-0.39, 0.29) is 10.8 Å². The molecule has 2 atom stereocenters. The van der Waals surface area contributed by atoms with Crippen LogP contribution < -0.4 is 0 Å². The van der Waals surface area contributed by atoms with Crippen LogP contribution in [0.4, 0.5) is 5.69 Å². The van der Waals surface area contributed by atoms with Gasteiger partial charge in [0.1, 0.15) is 5.56 Å². The van der Waals surface area contributed by atoms with E-state index >= 15 is 0 Å². The van der Waals surface area contributed by atoms with Gasteiger partial charge in [-0.05, 0) is 19.1 Å². The van der Waals surface area contributed by atoms with E-state index < -0.39 is 22.7 Å². The van der Waals surface area contributed by atoms with Crippen LogP contribution in [0.5, 0.6) is 0 Å². The number of nitro groups is 1. The minimum atomic E-state index is -1.33. The zero-order valence-electron chi connectivity index (χ0n) is 9.86. The number of rotatable bonds is 5. The van der Waals surface area contributed by atoms with E-state index in [9.17, 15) is 20.0 Å². The minimum Gasteiger partial charge on any atom is -0.477 e. The molecule has 0 amide bonds. The molecule has 2 unspecified atom stereocenters. The van der Waals surface area contributed by atoms with Gasteiger partial charge in [0, 0.05) is 16.2 Å². The van der Waals surface area contributed by atoms with Crippen LogP contribution in [-0.2, 0) is 0 Å². The Balaban J connectivity index is 3.08. The predicted octanol–water partition coefficient (Wildman–Crippen LogP) is 2.15. The number of aliphatic hydroxyl groups excluding tert-OH is 1. The third-order valence-corrected chi connectivity index (χ3v) is 3.69. The lowest BCUT2D eigenvalue weighted by Crippen LogP contribution is -2.14. The molecule has 0 aliphatic rings. The van der Waals surface area contributed by atoms with Crippen molar-refractivity contribution in [2.45, 2.75) is 30.1 Å². The largest absolute Gasteiger partial charge is 0.477 e. The lowest BCUT2D eigenvalue weighted by Gasteiger charge is -2.13. The third kappa shape index (κ3) is 3.44. The fourth-order valence-corrected chi connectivity index (χ4v) is 2.18. The first kappa shape index (κ1) is 14.5. The van der Waals surface area contributed by atoms with Gasteiger partial charge in [-0.3, -0.25) is 10.1 Å². The summed E-state index contributed by atoms with van der Waals surface area (Å²) in [6.07, 6.45) is -0.562. The van der Waals surface area contributed by atoms with Gasteiger partial charge in [0.15, 0.2) is 0 Å². The molecule has 0 spiro atoms. The number of nitro benzene ring substituents is 1. The van der Waals surface area contributed by atoms with E-state index in [0.29, 0.717) is 4.90 Å². The smallest absolute Gasteiger partial charge is 0.342 e. The monoisotopic (exact) mass is 271 g/mol. The van der Waals surface area contributed by atoms with Gasteiger partial charge in [-0.1, -0.05) is 6.92 Å². The molecule has 0 heterocycles. The van der Waals surface area contributed by atoms with Crippen molar-refractivity contribution in [1.82, 2.24) is 0 Å². The number of carboxylic acid groups (broad SMARTS) is 1. The van der Waals surface area contributed by atoms with Gasteiger partial charge in [-0.15, -0.1) is 11.8 Å². The van der Waals surface area contributed by atoms with E-state index in [2.05, 4.69) is 0 Å². The molecule has 0 radical (unpaired) electrons. The highest BCUT2D eigenvalue weighted by atomic mass is 32.2. The molecule has 1 aromatic carbocycles. The van der Waals surface area contributed by atoms with Gasteiger partial charge in [-0.2, -0.15) is 0 Å². The number of aliphatic hydroxyl groups is 1. The van der Waals surface area contributed by atoms with E-state index in [1.807, 2.05) is 0 Å². The second kappa shape index (κ2) is 5.83. The average Bonchev–Trinajstić information content (AvgIpc) is 2.28. The predicted molar refractivity (Wildman–Crippen MR) is 67.1 cm³/mol. The molecule has 6 nitrogen and oxygen atoms in total. The minimum absolute atomic E-state index is 0.139. The summed E-state index contributed by atoms with van der Waals surface area (Å²) >= 11 is 1.26. The molecule has 0 saturated heterocycles. The molecular formula is C11H13NO5S. The van der Waals surface area contributed by atoms with Gasteiger partial charge >= 0.3 is 5.97 Å².